The van der Waals surface area contributed by atoms with Gasteiger partial charge in [0.15, 0.2) is 0 Å². The highest BCUT2D eigenvalue weighted by Gasteiger charge is 2.20. The summed E-state index contributed by atoms with van der Waals surface area (Å²) in [6.07, 6.45) is 0. The first-order valence-corrected chi connectivity index (χ1v) is 8.90. The van der Waals surface area contributed by atoms with Crippen LogP contribution in [0.1, 0.15) is 33.1 Å². The Hall–Kier alpha value is -2.14. The predicted molar refractivity (Wildman–Crippen MR) is 106 cm³/mol. The van der Waals surface area contributed by atoms with Crippen LogP contribution < -0.4 is 5.32 Å². The van der Waals surface area contributed by atoms with Gasteiger partial charge in [-0.1, -0.05) is 66.7 Å². The van der Waals surface area contributed by atoms with Crippen molar-refractivity contribution >= 4 is 28.5 Å². The Morgan fingerprint density at radius 3 is 2.21 bits per heavy atom. The molecule has 3 aromatic carbocycles. The molecule has 0 aliphatic carbocycles. The Morgan fingerprint density at radius 1 is 0.875 bits per heavy atom. The summed E-state index contributed by atoms with van der Waals surface area (Å²) in [6.45, 7) is 2.07. The van der Waals surface area contributed by atoms with Crippen molar-refractivity contribution in [2.45, 2.75) is 13.0 Å². The van der Waals surface area contributed by atoms with Crippen LogP contribution in [0.25, 0.3) is 0 Å². The zero-order valence-electron chi connectivity index (χ0n) is 13.4. The fraction of sp³-hybridized carbons (Fsp3) is 0.0952. The van der Waals surface area contributed by atoms with E-state index >= 15 is 0 Å². The summed E-state index contributed by atoms with van der Waals surface area (Å²) in [6, 6.07) is 25.7. The number of carbonyl (C=O) groups excluding carboxylic acids is 1. The van der Waals surface area contributed by atoms with Crippen molar-refractivity contribution in [2.75, 3.05) is 0 Å². The third kappa shape index (κ3) is 3.67. The molecule has 120 valence electrons. The number of hydrogen-bond donors (Lipinski definition) is 1. The molecule has 0 saturated carbocycles. The molecule has 3 rings (SSSR count). The summed E-state index contributed by atoms with van der Waals surface area (Å²) in [5.41, 5.74) is 4.05. The third-order valence-electron chi connectivity index (χ3n) is 4.03. The molecule has 0 bridgehead atoms. The number of halogens is 1. The smallest absolute Gasteiger partial charge is 0.253 e. The van der Waals surface area contributed by atoms with Gasteiger partial charge < -0.3 is 5.32 Å². The highest BCUT2D eigenvalue weighted by atomic mass is 127. The molecule has 0 radical (unpaired) electrons. The van der Waals surface area contributed by atoms with Crippen molar-refractivity contribution in [3.8, 4) is 0 Å². The molecule has 0 unspecified atom stereocenters. The standard InChI is InChI=1S/C21H18INO/c1-15-9-5-6-12-17(15)20(16-10-3-2-4-11-16)23-21(24)18-13-7-8-14-19(18)22/h2-14,20H,1H3,(H,23,24)/t20-/m1/s1. The Kier molecular flexibility index (Phi) is 5.30. The number of hydrogen-bond acceptors (Lipinski definition) is 1. The monoisotopic (exact) mass is 427 g/mol. The molecular weight excluding hydrogens is 409 g/mol. The molecule has 0 saturated heterocycles. The zero-order valence-corrected chi connectivity index (χ0v) is 15.5. The first-order valence-electron chi connectivity index (χ1n) is 7.82. The van der Waals surface area contributed by atoms with Gasteiger partial charge in [0.25, 0.3) is 5.91 Å². The van der Waals surface area contributed by atoms with E-state index in [-0.39, 0.29) is 11.9 Å². The summed E-state index contributed by atoms with van der Waals surface area (Å²) in [5.74, 6) is -0.0582. The number of nitrogens with one attached hydrogen (secondary N) is 1. The molecule has 0 spiro atoms. The van der Waals surface area contributed by atoms with Gasteiger partial charge in [-0.3, -0.25) is 4.79 Å². The van der Waals surface area contributed by atoms with Gasteiger partial charge in [0.1, 0.15) is 0 Å². The summed E-state index contributed by atoms with van der Waals surface area (Å²) in [4.78, 5) is 12.8. The van der Waals surface area contributed by atoms with E-state index in [9.17, 15) is 4.79 Å². The number of benzene rings is 3. The molecule has 24 heavy (non-hydrogen) atoms. The second-order valence-electron chi connectivity index (χ2n) is 5.65. The topological polar surface area (TPSA) is 29.1 Å². The van der Waals surface area contributed by atoms with Gasteiger partial charge >= 0.3 is 0 Å². The maximum Gasteiger partial charge on any atom is 0.253 e. The molecule has 1 amide bonds. The van der Waals surface area contributed by atoms with Gasteiger partial charge in [0, 0.05) is 3.57 Å². The molecule has 0 aliphatic rings. The number of carbonyl (C=O) groups is 1. The largest absolute Gasteiger partial charge is 0.341 e. The molecule has 2 nitrogen and oxygen atoms in total. The second kappa shape index (κ2) is 7.62. The average Bonchev–Trinajstić information content (AvgIpc) is 2.61. The van der Waals surface area contributed by atoms with E-state index in [1.165, 1.54) is 0 Å². The van der Waals surface area contributed by atoms with Crippen LogP contribution >= 0.6 is 22.6 Å². The maximum absolute atomic E-state index is 12.8. The Balaban J connectivity index is 1.99. The summed E-state index contributed by atoms with van der Waals surface area (Å²) in [7, 11) is 0. The Labute approximate surface area is 156 Å². The first-order chi connectivity index (χ1) is 11.7. The van der Waals surface area contributed by atoms with Crippen LogP contribution in [0, 0.1) is 10.5 Å². The average molecular weight is 427 g/mol. The van der Waals surface area contributed by atoms with E-state index in [4.69, 9.17) is 0 Å². The molecule has 0 aromatic heterocycles. The van der Waals surface area contributed by atoms with Gasteiger partial charge in [-0.25, -0.2) is 0 Å². The zero-order chi connectivity index (χ0) is 16.9. The third-order valence-corrected chi connectivity index (χ3v) is 4.97. The normalized spacial score (nSPS) is 11.8. The molecule has 1 atom stereocenters. The second-order valence-corrected chi connectivity index (χ2v) is 6.82. The molecule has 0 fully saturated rings. The lowest BCUT2D eigenvalue weighted by Gasteiger charge is -2.22. The molecule has 3 aromatic rings. The lowest BCUT2D eigenvalue weighted by Crippen LogP contribution is -2.30. The highest BCUT2D eigenvalue weighted by molar-refractivity contribution is 14.1. The van der Waals surface area contributed by atoms with Crippen molar-refractivity contribution in [3.63, 3.8) is 0 Å². The van der Waals surface area contributed by atoms with Crippen molar-refractivity contribution in [2.24, 2.45) is 0 Å². The molecule has 0 aliphatic heterocycles. The van der Waals surface area contributed by atoms with Gasteiger partial charge in [-0.2, -0.15) is 0 Å². The van der Waals surface area contributed by atoms with E-state index in [2.05, 4.69) is 47.0 Å². The van der Waals surface area contributed by atoms with Crippen LogP contribution in [0.3, 0.4) is 0 Å². The fourth-order valence-electron chi connectivity index (χ4n) is 2.75. The van der Waals surface area contributed by atoms with Crippen LogP contribution in [-0.4, -0.2) is 5.91 Å². The molecule has 0 heterocycles. The predicted octanol–water partition coefficient (Wildman–Crippen LogP) is 5.12. The van der Waals surface area contributed by atoms with Gasteiger partial charge in [-0.05, 0) is 58.3 Å². The SMILES string of the molecule is Cc1ccccc1[C@H](NC(=O)c1ccccc1I)c1ccccc1. The first kappa shape index (κ1) is 16.7. The van der Waals surface area contributed by atoms with E-state index in [1.807, 2.05) is 66.7 Å². The highest BCUT2D eigenvalue weighted by Crippen LogP contribution is 2.25. The summed E-state index contributed by atoms with van der Waals surface area (Å²) >= 11 is 2.20. The van der Waals surface area contributed by atoms with E-state index in [0.717, 1.165) is 20.3 Å². The van der Waals surface area contributed by atoms with Crippen molar-refractivity contribution in [1.82, 2.24) is 5.32 Å². The van der Waals surface area contributed by atoms with Crippen molar-refractivity contribution < 1.29 is 4.79 Å². The molecule has 1 N–H and O–H groups in total. The number of amides is 1. The van der Waals surface area contributed by atoms with E-state index < -0.39 is 0 Å². The van der Waals surface area contributed by atoms with Crippen LogP contribution in [-0.2, 0) is 0 Å². The van der Waals surface area contributed by atoms with Crippen molar-refractivity contribution in [1.29, 1.82) is 0 Å². The minimum absolute atomic E-state index is 0.0582. The Bertz CT molecular complexity index is 845. The van der Waals surface area contributed by atoms with Crippen molar-refractivity contribution in [3.05, 3.63) is 105 Å². The molecular formula is C21H18INO. The van der Waals surface area contributed by atoms with Gasteiger partial charge in [0.2, 0.25) is 0 Å². The lowest BCUT2D eigenvalue weighted by atomic mass is 9.94. The maximum atomic E-state index is 12.8. The minimum Gasteiger partial charge on any atom is -0.341 e. The van der Waals surface area contributed by atoms with Gasteiger partial charge in [-0.15, -0.1) is 0 Å². The minimum atomic E-state index is -0.170. The lowest BCUT2D eigenvalue weighted by molar-refractivity contribution is 0.0942. The fourth-order valence-corrected chi connectivity index (χ4v) is 3.38. The number of rotatable bonds is 4. The van der Waals surface area contributed by atoms with Crippen LogP contribution in [0.2, 0.25) is 0 Å². The van der Waals surface area contributed by atoms with Crippen LogP contribution in [0.4, 0.5) is 0 Å². The van der Waals surface area contributed by atoms with E-state index in [1.54, 1.807) is 0 Å². The van der Waals surface area contributed by atoms with Crippen LogP contribution in [0.5, 0.6) is 0 Å². The van der Waals surface area contributed by atoms with Gasteiger partial charge in [0.05, 0.1) is 11.6 Å². The van der Waals surface area contributed by atoms with E-state index in [0.29, 0.717) is 5.56 Å². The Morgan fingerprint density at radius 2 is 1.50 bits per heavy atom. The quantitative estimate of drug-likeness (QED) is 0.576. The summed E-state index contributed by atoms with van der Waals surface area (Å²) in [5, 5.41) is 3.20. The molecule has 3 heteroatoms. The van der Waals surface area contributed by atoms with Crippen LogP contribution in [0.15, 0.2) is 78.9 Å². The number of aryl methyl sites for hydroxylation is 1. The summed E-state index contributed by atoms with van der Waals surface area (Å²) < 4.78 is 0.948.